The molecule has 17 heavy (non-hydrogen) atoms. The van der Waals surface area contributed by atoms with E-state index in [2.05, 4.69) is 11.6 Å². The second kappa shape index (κ2) is 7.50. The first-order valence-electron chi connectivity index (χ1n) is 5.33. The molecule has 0 aromatic heterocycles. The van der Waals surface area contributed by atoms with Crippen LogP contribution in [0.1, 0.15) is 16.8 Å². The Balaban J connectivity index is 2.79. The second-order valence-electron chi connectivity index (χ2n) is 3.46. The SMILES string of the molecule is CSCCCNc1cccc(SC)c1C(=O)O. The lowest BCUT2D eigenvalue weighted by atomic mass is 10.1. The molecule has 0 amide bonds. The summed E-state index contributed by atoms with van der Waals surface area (Å²) in [6.07, 6.45) is 4.99. The molecule has 5 heteroatoms. The number of aromatic carboxylic acids is 1. The molecule has 0 unspecified atom stereocenters. The molecular weight excluding hydrogens is 254 g/mol. The van der Waals surface area contributed by atoms with Gasteiger partial charge in [-0.25, -0.2) is 4.79 Å². The summed E-state index contributed by atoms with van der Waals surface area (Å²) in [5.41, 5.74) is 1.09. The van der Waals surface area contributed by atoms with Crippen LogP contribution >= 0.6 is 23.5 Å². The van der Waals surface area contributed by atoms with E-state index < -0.39 is 5.97 Å². The van der Waals surface area contributed by atoms with E-state index in [9.17, 15) is 9.90 Å². The fourth-order valence-electron chi connectivity index (χ4n) is 1.51. The lowest BCUT2D eigenvalue weighted by Crippen LogP contribution is -2.09. The number of benzene rings is 1. The van der Waals surface area contributed by atoms with E-state index in [-0.39, 0.29) is 0 Å². The second-order valence-corrected chi connectivity index (χ2v) is 5.29. The van der Waals surface area contributed by atoms with Gasteiger partial charge in [0.15, 0.2) is 0 Å². The monoisotopic (exact) mass is 271 g/mol. The first kappa shape index (κ1) is 14.3. The van der Waals surface area contributed by atoms with Gasteiger partial charge in [-0.3, -0.25) is 0 Å². The van der Waals surface area contributed by atoms with E-state index in [1.807, 2.05) is 24.5 Å². The highest BCUT2D eigenvalue weighted by molar-refractivity contribution is 7.98. The summed E-state index contributed by atoms with van der Waals surface area (Å²) < 4.78 is 0. The Morgan fingerprint density at radius 3 is 2.76 bits per heavy atom. The Hall–Kier alpha value is -0.810. The van der Waals surface area contributed by atoms with Gasteiger partial charge in [-0.2, -0.15) is 11.8 Å². The predicted molar refractivity (Wildman–Crippen MR) is 76.7 cm³/mol. The van der Waals surface area contributed by atoms with E-state index in [1.54, 1.807) is 11.8 Å². The van der Waals surface area contributed by atoms with Crippen LogP contribution in [-0.4, -0.2) is 35.9 Å². The lowest BCUT2D eigenvalue weighted by molar-refractivity contribution is 0.0694. The van der Waals surface area contributed by atoms with Crippen molar-refractivity contribution >= 4 is 35.2 Å². The maximum absolute atomic E-state index is 11.2. The van der Waals surface area contributed by atoms with E-state index in [0.29, 0.717) is 11.3 Å². The highest BCUT2D eigenvalue weighted by atomic mass is 32.2. The zero-order valence-corrected chi connectivity index (χ0v) is 11.7. The normalized spacial score (nSPS) is 10.2. The predicted octanol–water partition coefficient (Wildman–Crippen LogP) is 3.27. The molecule has 0 fully saturated rings. The number of carbonyl (C=O) groups is 1. The number of hydrogen-bond donors (Lipinski definition) is 2. The number of hydrogen-bond acceptors (Lipinski definition) is 4. The zero-order chi connectivity index (χ0) is 12.7. The van der Waals surface area contributed by atoms with Gasteiger partial charge in [0.1, 0.15) is 0 Å². The number of carboxylic acids is 1. The van der Waals surface area contributed by atoms with Gasteiger partial charge in [0.05, 0.1) is 5.56 Å². The third kappa shape index (κ3) is 4.16. The van der Waals surface area contributed by atoms with Crippen LogP contribution in [0.5, 0.6) is 0 Å². The van der Waals surface area contributed by atoms with Crippen molar-refractivity contribution in [1.29, 1.82) is 0 Å². The molecule has 1 aromatic carbocycles. The van der Waals surface area contributed by atoms with Crippen molar-refractivity contribution in [3.63, 3.8) is 0 Å². The summed E-state index contributed by atoms with van der Waals surface area (Å²) in [6.45, 7) is 0.805. The van der Waals surface area contributed by atoms with Crippen LogP contribution in [0, 0.1) is 0 Å². The molecule has 0 saturated carbocycles. The van der Waals surface area contributed by atoms with Crippen LogP contribution < -0.4 is 5.32 Å². The Morgan fingerprint density at radius 1 is 1.41 bits per heavy atom. The highest BCUT2D eigenvalue weighted by Crippen LogP contribution is 2.27. The maximum Gasteiger partial charge on any atom is 0.338 e. The zero-order valence-electron chi connectivity index (χ0n) is 10.0. The van der Waals surface area contributed by atoms with Crippen LogP contribution in [0.4, 0.5) is 5.69 Å². The summed E-state index contributed by atoms with van der Waals surface area (Å²) in [7, 11) is 0. The third-order valence-corrected chi connectivity index (χ3v) is 3.78. The van der Waals surface area contributed by atoms with Crippen LogP contribution in [-0.2, 0) is 0 Å². The van der Waals surface area contributed by atoms with Crippen molar-refractivity contribution < 1.29 is 9.90 Å². The first-order chi connectivity index (χ1) is 8.20. The van der Waals surface area contributed by atoms with Crippen molar-refractivity contribution in [2.75, 3.05) is 30.1 Å². The van der Waals surface area contributed by atoms with Gasteiger partial charge in [0, 0.05) is 17.1 Å². The molecule has 1 rings (SSSR count). The minimum Gasteiger partial charge on any atom is -0.478 e. The van der Waals surface area contributed by atoms with Gasteiger partial charge < -0.3 is 10.4 Å². The molecule has 94 valence electrons. The van der Waals surface area contributed by atoms with Crippen molar-refractivity contribution in [2.24, 2.45) is 0 Å². The summed E-state index contributed by atoms with van der Waals surface area (Å²) in [6, 6.07) is 5.54. The molecule has 3 nitrogen and oxygen atoms in total. The standard InChI is InChI=1S/C12H17NO2S2/c1-16-8-4-7-13-9-5-3-6-10(17-2)11(9)12(14)15/h3,5-6,13H,4,7-8H2,1-2H3,(H,14,15). The molecule has 0 aliphatic rings. The first-order valence-corrected chi connectivity index (χ1v) is 7.95. The Bertz CT molecular complexity index is 383. The Morgan fingerprint density at radius 2 is 2.18 bits per heavy atom. The van der Waals surface area contributed by atoms with Crippen LogP contribution in [0.15, 0.2) is 23.1 Å². The molecular formula is C12H17NO2S2. The highest BCUT2D eigenvalue weighted by Gasteiger charge is 2.14. The molecule has 0 aliphatic heterocycles. The largest absolute Gasteiger partial charge is 0.478 e. The van der Waals surface area contributed by atoms with Crippen LogP contribution in [0.2, 0.25) is 0 Å². The number of rotatable bonds is 7. The quantitative estimate of drug-likeness (QED) is 0.589. The topological polar surface area (TPSA) is 49.3 Å². The molecule has 0 radical (unpaired) electrons. The van der Waals surface area contributed by atoms with Crippen LogP contribution in [0.25, 0.3) is 0 Å². The Kier molecular flexibility index (Phi) is 6.29. The van der Waals surface area contributed by atoms with Crippen LogP contribution in [0.3, 0.4) is 0 Å². The number of nitrogens with one attached hydrogen (secondary N) is 1. The summed E-state index contributed by atoms with van der Waals surface area (Å²) >= 11 is 3.25. The van der Waals surface area contributed by atoms with E-state index in [4.69, 9.17) is 0 Å². The fourth-order valence-corrected chi connectivity index (χ4v) is 2.56. The maximum atomic E-state index is 11.2. The van der Waals surface area contributed by atoms with Crippen molar-refractivity contribution in [2.45, 2.75) is 11.3 Å². The smallest absolute Gasteiger partial charge is 0.338 e. The van der Waals surface area contributed by atoms with Gasteiger partial charge in [-0.05, 0) is 36.8 Å². The Labute approximate surface area is 110 Å². The lowest BCUT2D eigenvalue weighted by Gasteiger charge is -2.11. The molecule has 0 saturated heterocycles. The molecule has 0 heterocycles. The summed E-state index contributed by atoms with van der Waals surface area (Å²) in [5, 5.41) is 12.4. The fraction of sp³-hybridized carbons (Fsp3) is 0.417. The molecule has 0 bridgehead atoms. The molecule has 0 aliphatic carbocycles. The summed E-state index contributed by atoms with van der Waals surface area (Å²) in [5.74, 6) is 0.208. The molecule has 0 atom stereocenters. The van der Waals surface area contributed by atoms with E-state index in [0.717, 1.165) is 23.6 Å². The van der Waals surface area contributed by atoms with Gasteiger partial charge in [-0.15, -0.1) is 11.8 Å². The number of thioether (sulfide) groups is 2. The molecule has 2 N–H and O–H groups in total. The number of carboxylic acid groups (broad SMARTS) is 1. The number of anilines is 1. The minimum atomic E-state index is -0.873. The van der Waals surface area contributed by atoms with Crippen molar-refractivity contribution in [1.82, 2.24) is 0 Å². The summed E-state index contributed by atoms with van der Waals surface area (Å²) in [4.78, 5) is 12.0. The average molecular weight is 271 g/mol. The minimum absolute atomic E-state index is 0.379. The van der Waals surface area contributed by atoms with Crippen molar-refractivity contribution in [3.8, 4) is 0 Å². The molecule has 1 aromatic rings. The van der Waals surface area contributed by atoms with E-state index >= 15 is 0 Å². The van der Waals surface area contributed by atoms with Crippen molar-refractivity contribution in [3.05, 3.63) is 23.8 Å². The molecule has 0 spiro atoms. The van der Waals surface area contributed by atoms with E-state index in [1.165, 1.54) is 11.8 Å². The third-order valence-electron chi connectivity index (χ3n) is 2.30. The van der Waals surface area contributed by atoms with Gasteiger partial charge in [0.2, 0.25) is 0 Å². The van der Waals surface area contributed by atoms with Gasteiger partial charge in [-0.1, -0.05) is 6.07 Å². The van der Waals surface area contributed by atoms with Gasteiger partial charge in [0.25, 0.3) is 0 Å². The average Bonchev–Trinajstić information content (AvgIpc) is 2.33. The van der Waals surface area contributed by atoms with Gasteiger partial charge >= 0.3 is 5.97 Å².